The smallest absolute Gasteiger partial charge is 0.231 e. The Morgan fingerprint density at radius 1 is 1.38 bits per heavy atom. The molecule has 0 bridgehead atoms. The highest BCUT2D eigenvalue weighted by Crippen LogP contribution is 2.43. The largest absolute Gasteiger partial charge is 0.376 e. The number of ether oxygens (including phenoxy) is 1. The van der Waals surface area contributed by atoms with Crippen LogP contribution in [0, 0.1) is 0 Å². The molecule has 1 N–H and O–H groups in total. The van der Waals surface area contributed by atoms with Crippen molar-refractivity contribution in [2.45, 2.75) is 43.1 Å². The van der Waals surface area contributed by atoms with Crippen LogP contribution in [0.2, 0.25) is 0 Å². The number of thiophene rings is 1. The highest BCUT2D eigenvalue weighted by molar-refractivity contribution is 7.99. The van der Waals surface area contributed by atoms with E-state index in [1.807, 2.05) is 11.8 Å². The van der Waals surface area contributed by atoms with Gasteiger partial charge in [0.25, 0.3) is 0 Å². The molecule has 1 aromatic rings. The number of hydrogen-bond donors (Lipinski definition) is 1. The van der Waals surface area contributed by atoms with E-state index in [-0.39, 0.29) is 16.9 Å². The summed E-state index contributed by atoms with van der Waals surface area (Å²) in [6, 6.07) is 4.17. The minimum Gasteiger partial charge on any atom is -0.376 e. The van der Waals surface area contributed by atoms with Crippen LogP contribution in [0.5, 0.6) is 0 Å². The van der Waals surface area contributed by atoms with E-state index in [9.17, 15) is 4.79 Å². The van der Waals surface area contributed by atoms with Crippen molar-refractivity contribution < 1.29 is 9.53 Å². The van der Waals surface area contributed by atoms with Crippen LogP contribution in [0.1, 0.15) is 37.0 Å². The van der Waals surface area contributed by atoms with Gasteiger partial charge in [-0.15, -0.1) is 11.3 Å². The predicted molar refractivity (Wildman–Crippen MR) is 89.2 cm³/mol. The zero-order valence-corrected chi connectivity index (χ0v) is 14.2. The van der Waals surface area contributed by atoms with Crippen LogP contribution in [0.4, 0.5) is 0 Å². The molecule has 0 spiro atoms. The van der Waals surface area contributed by atoms with E-state index >= 15 is 0 Å². The first-order chi connectivity index (χ1) is 10.2. The summed E-state index contributed by atoms with van der Waals surface area (Å²) in [6.45, 7) is 0.641. The second-order valence-corrected chi connectivity index (χ2v) is 8.19. The fourth-order valence-electron chi connectivity index (χ4n) is 3.49. The van der Waals surface area contributed by atoms with E-state index in [1.165, 1.54) is 4.88 Å². The van der Waals surface area contributed by atoms with Gasteiger partial charge in [0.2, 0.25) is 5.91 Å². The number of carbonyl (C=O) groups excluding carboxylic acids is 1. The van der Waals surface area contributed by atoms with E-state index in [4.69, 9.17) is 4.74 Å². The van der Waals surface area contributed by atoms with E-state index in [1.54, 1.807) is 18.4 Å². The monoisotopic (exact) mass is 325 g/mol. The molecular formula is C16H23NO2S2. The standard InChI is InChI=1S/C16H23NO2S2/c1-19-15(8-10-20-12-15)11-17-14(18)16(6-2-3-7-16)13-5-4-9-21-13/h4-5,9H,2-3,6-8,10-12H2,1H3,(H,17,18)/t15-/m1/s1. The summed E-state index contributed by atoms with van der Waals surface area (Å²) in [5.41, 5.74) is -0.440. The molecule has 2 heterocycles. The summed E-state index contributed by atoms with van der Waals surface area (Å²) in [7, 11) is 1.77. The number of carbonyl (C=O) groups is 1. The Morgan fingerprint density at radius 3 is 2.76 bits per heavy atom. The molecule has 3 nitrogen and oxygen atoms in total. The molecule has 1 atom stereocenters. The van der Waals surface area contributed by atoms with Crippen molar-refractivity contribution in [3.8, 4) is 0 Å². The second-order valence-electron chi connectivity index (χ2n) is 6.14. The lowest BCUT2D eigenvalue weighted by molar-refractivity contribution is -0.127. The molecule has 21 heavy (non-hydrogen) atoms. The Hall–Kier alpha value is -0.520. The fourth-order valence-corrected chi connectivity index (χ4v) is 5.87. The van der Waals surface area contributed by atoms with Crippen molar-refractivity contribution in [3.05, 3.63) is 22.4 Å². The van der Waals surface area contributed by atoms with Crippen LogP contribution in [-0.4, -0.2) is 36.7 Å². The third-order valence-corrected chi connectivity index (χ3v) is 7.25. The van der Waals surface area contributed by atoms with Crippen molar-refractivity contribution in [2.75, 3.05) is 25.2 Å². The van der Waals surface area contributed by atoms with E-state index in [0.29, 0.717) is 6.54 Å². The Balaban J connectivity index is 1.71. The van der Waals surface area contributed by atoms with Crippen LogP contribution in [-0.2, 0) is 14.9 Å². The van der Waals surface area contributed by atoms with Gasteiger partial charge in [-0.05, 0) is 36.5 Å². The molecule has 116 valence electrons. The predicted octanol–water partition coefficient (Wildman–Crippen LogP) is 3.20. The molecular weight excluding hydrogens is 302 g/mol. The highest BCUT2D eigenvalue weighted by atomic mass is 32.2. The van der Waals surface area contributed by atoms with Gasteiger partial charge in [-0.25, -0.2) is 0 Å². The average molecular weight is 325 g/mol. The van der Waals surface area contributed by atoms with Crippen LogP contribution in [0.25, 0.3) is 0 Å². The van der Waals surface area contributed by atoms with Gasteiger partial charge < -0.3 is 10.1 Å². The lowest BCUT2D eigenvalue weighted by Crippen LogP contribution is -2.50. The summed E-state index contributed by atoms with van der Waals surface area (Å²) < 4.78 is 5.70. The van der Waals surface area contributed by atoms with E-state index in [0.717, 1.165) is 43.6 Å². The maximum Gasteiger partial charge on any atom is 0.231 e. The van der Waals surface area contributed by atoms with Gasteiger partial charge in [0, 0.05) is 24.3 Å². The zero-order chi connectivity index (χ0) is 14.8. The number of hydrogen-bond acceptors (Lipinski definition) is 4. The molecule has 0 unspecified atom stereocenters. The molecule has 3 rings (SSSR count). The number of rotatable bonds is 5. The normalized spacial score (nSPS) is 27.9. The van der Waals surface area contributed by atoms with Gasteiger partial charge in [-0.3, -0.25) is 4.79 Å². The minimum atomic E-state index is -0.283. The van der Waals surface area contributed by atoms with Gasteiger partial charge in [0.1, 0.15) is 0 Å². The number of nitrogens with one attached hydrogen (secondary N) is 1. The topological polar surface area (TPSA) is 38.3 Å². The van der Waals surface area contributed by atoms with E-state index in [2.05, 4.69) is 22.8 Å². The summed E-state index contributed by atoms with van der Waals surface area (Å²) in [6.07, 6.45) is 5.29. The molecule has 1 aromatic heterocycles. The molecule has 5 heteroatoms. The maximum absolute atomic E-state index is 12.9. The lowest BCUT2D eigenvalue weighted by atomic mass is 9.83. The average Bonchev–Trinajstić information content (AvgIpc) is 3.25. The van der Waals surface area contributed by atoms with Gasteiger partial charge in [-0.1, -0.05) is 18.9 Å². The zero-order valence-electron chi connectivity index (χ0n) is 12.5. The first-order valence-corrected chi connectivity index (χ1v) is 9.69. The van der Waals surface area contributed by atoms with Gasteiger partial charge >= 0.3 is 0 Å². The summed E-state index contributed by atoms with van der Waals surface area (Å²) >= 11 is 3.63. The third kappa shape index (κ3) is 2.88. The van der Waals surface area contributed by atoms with Crippen LogP contribution < -0.4 is 5.32 Å². The molecule has 1 aliphatic carbocycles. The van der Waals surface area contributed by atoms with Crippen LogP contribution in [0.3, 0.4) is 0 Å². The molecule has 1 saturated heterocycles. The van der Waals surface area contributed by atoms with Crippen LogP contribution in [0.15, 0.2) is 17.5 Å². The van der Waals surface area contributed by atoms with Crippen molar-refractivity contribution in [1.29, 1.82) is 0 Å². The van der Waals surface area contributed by atoms with Gasteiger partial charge in [0.15, 0.2) is 0 Å². The lowest BCUT2D eigenvalue weighted by Gasteiger charge is -2.31. The molecule has 0 aromatic carbocycles. The third-order valence-electron chi connectivity index (χ3n) is 4.96. The Morgan fingerprint density at radius 2 is 2.19 bits per heavy atom. The summed E-state index contributed by atoms with van der Waals surface area (Å²) in [4.78, 5) is 14.1. The highest BCUT2D eigenvalue weighted by Gasteiger charge is 2.44. The Kier molecular flexibility index (Phi) is 4.62. The first kappa shape index (κ1) is 15.4. The quantitative estimate of drug-likeness (QED) is 0.903. The SMILES string of the molecule is CO[C@@]1(CNC(=O)C2(c3cccs3)CCCC2)CCSC1. The van der Waals surface area contributed by atoms with Crippen LogP contribution >= 0.6 is 23.1 Å². The Labute approximate surface area is 134 Å². The molecule has 2 fully saturated rings. The van der Waals surface area contributed by atoms with Crippen molar-refractivity contribution in [1.82, 2.24) is 5.32 Å². The number of thioether (sulfide) groups is 1. The maximum atomic E-state index is 12.9. The second kappa shape index (κ2) is 6.31. The molecule has 2 aliphatic rings. The molecule has 1 saturated carbocycles. The van der Waals surface area contributed by atoms with Gasteiger partial charge in [0.05, 0.1) is 11.0 Å². The fraction of sp³-hybridized carbons (Fsp3) is 0.688. The van der Waals surface area contributed by atoms with Crippen molar-refractivity contribution in [2.24, 2.45) is 0 Å². The van der Waals surface area contributed by atoms with Crippen molar-refractivity contribution >= 4 is 29.0 Å². The molecule has 1 aliphatic heterocycles. The minimum absolute atomic E-state index is 0.157. The summed E-state index contributed by atoms with van der Waals surface area (Å²) in [5.74, 6) is 2.31. The number of methoxy groups -OCH3 is 1. The van der Waals surface area contributed by atoms with E-state index < -0.39 is 0 Å². The molecule has 1 amide bonds. The number of amides is 1. The van der Waals surface area contributed by atoms with Crippen molar-refractivity contribution in [3.63, 3.8) is 0 Å². The molecule has 0 radical (unpaired) electrons. The van der Waals surface area contributed by atoms with Gasteiger partial charge in [-0.2, -0.15) is 11.8 Å². The Bertz CT molecular complexity index is 474. The summed E-state index contributed by atoms with van der Waals surface area (Å²) in [5, 5.41) is 5.29. The first-order valence-electron chi connectivity index (χ1n) is 7.66.